The highest BCUT2D eigenvalue weighted by Gasteiger charge is 2.26. The number of amides is 1. The van der Waals surface area contributed by atoms with E-state index in [0.717, 1.165) is 0 Å². The molecule has 1 amide bonds. The molecule has 0 radical (unpaired) electrons. The Balaban J connectivity index is 2.03. The van der Waals surface area contributed by atoms with E-state index < -0.39 is 40.5 Å². The maximum Gasteiger partial charge on any atom is 0.339 e. The van der Waals surface area contributed by atoms with Gasteiger partial charge >= 0.3 is 5.97 Å². The number of rotatable bonds is 6. The molecule has 0 saturated heterocycles. The minimum Gasteiger partial charge on any atom is -0.478 e. The largest absolute Gasteiger partial charge is 0.478 e. The molecule has 3 aromatic rings. The van der Waals surface area contributed by atoms with Crippen LogP contribution in [0, 0.1) is 17.5 Å². The van der Waals surface area contributed by atoms with Gasteiger partial charge in [-0.2, -0.15) is 0 Å². The monoisotopic (exact) mass is 419 g/mol. The number of nitrogens with one attached hydrogen (secondary N) is 1. The molecule has 2 N–H and O–H groups in total. The predicted octanol–water partition coefficient (Wildman–Crippen LogP) is 5.66. The van der Waals surface area contributed by atoms with Crippen LogP contribution in [0.15, 0.2) is 41.2 Å². The Morgan fingerprint density at radius 1 is 1.10 bits per heavy atom. The first-order chi connectivity index (χ1) is 13.8. The second-order valence-corrected chi connectivity index (χ2v) is 6.58. The first-order valence-electron chi connectivity index (χ1n) is 7.96. The van der Waals surface area contributed by atoms with Crippen molar-refractivity contribution in [3.63, 3.8) is 0 Å². The lowest BCUT2D eigenvalue weighted by atomic mass is 10.1. The molecule has 3 rings (SSSR count). The summed E-state index contributed by atoms with van der Waals surface area (Å²) >= 11 is 0.685. The summed E-state index contributed by atoms with van der Waals surface area (Å²) in [5.41, 5.74) is -0.921. The van der Waals surface area contributed by atoms with E-state index >= 15 is 0 Å². The molecule has 0 unspecified atom stereocenters. The van der Waals surface area contributed by atoms with Crippen LogP contribution in [0.25, 0.3) is 22.6 Å². The molecule has 2 heterocycles. The lowest BCUT2D eigenvalue weighted by Crippen LogP contribution is -2.13. The van der Waals surface area contributed by atoms with E-state index in [-0.39, 0.29) is 16.3 Å². The molecule has 1 aromatic carbocycles. The Kier molecular flexibility index (Phi) is 5.42. The number of carbonyl (C=O) groups excluding carboxylic acids is 1. The molecule has 148 valence electrons. The van der Waals surface area contributed by atoms with Gasteiger partial charge < -0.3 is 14.8 Å². The highest BCUT2D eigenvalue weighted by molar-refractivity contribution is 7.14. The molecule has 0 aliphatic rings. The number of halogens is 3. The molecule has 2 aromatic heterocycles. The van der Waals surface area contributed by atoms with Gasteiger partial charge in [-0.15, -0.1) is 11.3 Å². The third-order valence-electron chi connectivity index (χ3n) is 3.91. The van der Waals surface area contributed by atoms with Crippen molar-refractivity contribution >= 4 is 41.1 Å². The van der Waals surface area contributed by atoms with Crippen molar-refractivity contribution in [3.8, 4) is 10.4 Å². The average Bonchev–Trinajstić information content (AvgIpc) is 3.24. The van der Waals surface area contributed by atoms with Crippen molar-refractivity contribution < 1.29 is 32.3 Å². The topological polar surface area (TPSA) is 79.5 Å². The fraction of sp³-hybridized carbons (Fsp3) is 0. The first-order valence-corrected chi connectivity index (χ1v) is 8.84. The van der Waals surface area contributed by atoms with Gasteiger partial charge in [-0.05, 0) is 12.1 Å². The summed E-state index contributed by atoms with van der Waals surface area (Å²) in [5.74, 6) is -5.82. The lowest BCUT2D eigenvalue weighted by Gasteiger charge is -2.07. The van der Waals surface area contributed by atoms with Gasteiger partial charge in [0.1, 0.15) is 28.8 Å². The Bertz CT molecular complexity index is 1110. The molecule has 0 aliphatic heterocycles. The minimum absolute atomic E-state index is 0.141. The Hall–Kier alpha value is -3.59. The molecule has 0 bridgehead atoms. The van der Waals surface area contributed by atoms with Crippen LogP contribution in [-0.4, -0.2) is 17.0 Å². The zero-order valence-electron chi connectivity index (χ0n) is 14.6. The van der Waals surface area contributed by atoms with Crippen molar-refractivity contribution in [2.45, 2.75) is 0 Å². The quantitative estimate of drug-likeness (QED) is 0.540. The summed E-state index contributed by atoms with van der Waals surface area (Å²) < 4.78 is 46.7. The Labute approximate surface area is 166 Å². The number of hydrogen-bond donors (Lipinski definition) is 2. The summed E-state index contributed by atoms with van der Waals surface area (Å²) in [7, 11) is 0. The molecule has 5 nitrogen and oxygen atoms in total. The predicted molar refractivity (Wildman–Crippen MR) is 103 cm³/mol. The summed E-state index contributed by atoms with van der Waals surface area (Å²) in [4.78, 5) is 23.9. The van der Waals surface area contributed by atoms with Crippen molar-refractivity contribution in [3.05, 3.63) is 76.8 Å². The van der Waals surface area contributed by atoms with E-state index in [4.69, 9.17) is 4.42 Å². The number of benzene rings is 1. The fourth-order valence-corrected chi connectivity index (χ4v) is 3.68. The van der Waals surface area contributed by atoms with Gasteiger partial charge in [0.05, 0.1) is 16.1 Å². The van der Waals surface area contributed by atoms with Crippen molar-refractivity contribution in [1.29, 1.82) is 0 Å². The fourth-order valence-electron chi connectivity index (χ4n) is 2.64. The number of aromatic carboxylic acids is 1. The molecule has 29 heavy (non-hydrogen) atoms. The smallest absolute Gasteiger partial charge is 0.339 e. The summed E-state index contributed by atoms with van der Waals surface area (Å²) in [6, 6.07) is 2.27. The number of thiophene rings is 1. The van der Waals surface area contributed by atoms with Crippen LogP contribution >= 0.6 is 11.3 Å². The SMILES string of the molecule is C=Cc1cc(C(=O)Nc2csc(-c3c(F)cc(F)cc3F)c2C(=O)O)oc1C=C. The van der Waals surface area contributed by atoms with Crippen LogP contribution in [-0.2, 0) is 0 Å². The number of carboxylic acids is 1. The first kappa shape index (κ1) is 20.2. The maximum absolute atomic E-state index is 14.1. The third kappa shape index (κ3) is 3.72. The molecule has 0 spiro atoms. The molecule has 9 heteroatoms. The molecular weight excluding hydrogens is 407 g/mol. The second kappa shape index (κ2) is 7.80. The van der Waals surface area contributed by atoms with Crippen LogP contribution in [0.2, 0.25) is 0 Å². The van der Waals surface area contributed by atoms with Crippen molar-refractivity contribution in [2.24, 2.45) is 0 Å². The summed E-state index contributed by atoms with van der Waals surface area (Å²) in [6.07, 6.45) is 2.82. The lowest BCUT2D eigenvalue weighted by molar-refractivity contribution is 0.0699. The van der Waals surface area contributed by atoms with Gasteiger partial charge in [0.15, 0.2) is 5.76 Å². The number of anilines is 1. The van der Waals surface area contributed by atoms with Crippen molar-refractivity contribution in [1.82, 2.24) is 0 Å². The van der Waals surface area contributed by atoms with E-state index in [1.54, 1.807) is 0 Å². The number of furan rings is 1. The van der Waals surface area contributed by atoms with Gasteiger partial charge in [-0.3, -0.25) is 4.79 Å². The maximum atomic E-state index is 14.1. The van der Waals surface area contributed by atoms with E-state index in [1.807, 2.05) is 0 Å². The van der Waals surface area contributed by atoms with E-state index in [9.17, 15) is 27.9 Å². The molecule has 0 saturated carbocycles. The zero-order valence-corrected chi connectivity index (χ0v) is 15.4. The number of carbonyl (C=O) groups is 2. The molecule has 0 atom stereocenters. The summed E-state index contributed by atoms with van der Waals surface area (Å²) in [5, 5.41) is 13.1. The average molecular weight is 419 g/mol. The molecule has 0 aliphatic carbocycles. The molecule has 0 fully saturated rings. The third-order valence-corrected chi connectivity index (χ3v) is 4.90. The van der Waals surface area contributed by atoms with E-state index in [1.165, 1.54) is 23.6 Å². The van der Waals surface area contributed by atoms with Gasteiger partial charge in [0.25, 0.3) is 5.91 Å². The zero-order chi connectivity index (χ0) is 21.3. The standard InChI is InChI=1S/C20H12F3NO4S/c1-3-9-5-15(28-14(9)4-2)19(25)24-13-8-29-18(17(13)20(26)27)16-11(22)6-10(21)7-12(16)23/h3-8H,1-2H2,(H,24,25)(H,26,27). The number of carboxylic acid groups (broad SMARTS) is 1. The van der Waals surface area contributed by atoms with Gasteiger partial charge in [-0.25, -0.2) is 18.0 Å². The van der Waals surface area contributed by atoms with Crippen LogP contribution in [0.1, 0.15) is 32.2 Å². The van der Waals surface area contributed by atoms with E-state index in [0.29, 0.717) is 34.8 Å². The summed E-state index contributed by atoms with van der Waals surface area (Å²) in [6.45, 7) is 7.13. The van der Waals surface area contributed by atoms with Gasteiger partial charge in [-0.1, -0.05) is 19.2 Å². The normalized spacial score (nSPS) is 10.6. The van der Waals surface area contributed by atoms with Crippen LogP contribution in [0.5, 0.6) is 0 Å². The number of hydrogen-bond acceptors (Lipinski definition) is 4. The Morgan fingerprint density at radius 2 is 1.76 bits per heavy atom. The highest BCUT2D eigenvalue weighted by Crippen LogP contribution is 2.39. The Morgan fingerprint density at radius 3 is 2.28 bits per heavy atom. The van der Waals surface area contributed by atoms with Crippen LogP contribution in [0.4, 0.5) is 18.9 Å². The van der Waals surface area contributed by atoms with Gasteiger partial charge in [0, 0.05) is 23.1 Å². The van der Waals surface area contributed by atoms with Gasteiger partial charge in [0.2, 0.25) is 0 Å². The minimum atomic E-state index is -1.53. The van der Waals surface area contributed by atoms with Crippen LogP contribution in [0.3, 0.4) is 0 Å². The van der Waals surface area contributed by atoms with Crippen LogP contribution < -0.4 is 5.32 Å². The highest BCUT2D eigenvalue weighted by atomic mass is 32.1. The second-order valence-electron chi connectivity index (χ2n) is 5.70. The molecular formula is C20H12F3NO4S. The van der Waals surface area contributed by atoms with E-state index in [2.05, 4.69) is 18.5 Å². The van der Waals surface area contributed by atoms with Crippen molar-refractivity contribution in [2.75, 3.05) is 5.32 Å².